The molecule has 0 spiro atoms. The maximum absolute atomic E-state index is 13.4. The molecule has 0 saturated heterocycles. The van der Waals surface area contributed by atoms with Crippen molar-refractivity contribution < 1.29 is 14.6 Å². The number of aromatic nitrogens is 3. The summed E-state index contributed by atoms with van der Waals surface area (Å²) in [7, 11) is 3.37. The Hall–Kier alpha value is -3.17. The van der Waals surface area contributed by atoms with E-state index in [1.54, 1.807) is 23.6 Å². The second-order valence-electron chi connectivity index (χ2n) is 9.36. The predicted octanol–water partition coefficient (Wildman–Crippen LogP) is 3.81. The highest BCUT2D eigenvalue weighted by Crippen LogP contribution is 2.33. The lowest BCUT2D eigenvalue weighted by molar-refractivity contribution is 0.0774. The number of ether oxygens (including phenoxy) is 1. The maximum Gasteiger partial charge on any atom is 0.274 e. The average Bonchev–Trinajstić information content (AvgIpc) is 3.40. The van der Waals surface area contributed by atoms with E-state index in [2.05, 4.69) is 20.6 Å². The van der Waals surface area contributed by atoms with Gasteiger partial charge in [-0.1, -0.05) is 18.2 Å². The number of carbonyl (C=O) groups is 1. The van der Waals surface area contributed by atoms with Crippen molar-refractivity contribution in [1.82, 2.24) is 24.6 Å². The van der Waals surface area contributed by atoms with E-state index in [9.17, 15) is 9.90 Å². The summed E-state index contributed by atoms with van der Waals surface area (Å²) in [6.45, 7) is 3.78. The molecule has 1 aliphatic carbocycles. The van der Waals surface area contributed by atoms with Gasteiger partial charge in [-0.05, 0) is 36.5 Å². The topological polar surface area (TPSA) is 83.7 Å². The third-order valence-corrected chi connectivity index (χ3v) is 7.29. The number of hydrogen-bond donors (Lipinski definition) is 1. The number of rotatable bonds is 9. The number of hydrogen-bond acceptors (Lipinski definition) is 7. The van der Waals surface area contributed by atoms with Crippen molar-refractivity contribution >= 4 is 23.3 Å². The lowest BCUT2D eigenvalue weighted by Gasteiger charge is -2.27. The van der Waals surface area contributed by atoms with E-state index in [4.69, 9.17) is 9.84 Å². The normalized spacial score (nSPS) is 15.9. The molecule has 0 unspecified atom stereocenters. The van der Waals surface area contributed by atoms with Crippen molar-refractivity contribution in [3.8, 4) is 11.5 Å². The Bertz CT molecular complexity index is 1220. The summed E-state index contributed by atoms with van der Waals surface area (Å²) in [6.07, 6.45) is 7.53. The Kier molecular flexibility index (Phi) is 6.88. The van der Waals surface area contributed by atoms with Crippen LogP contribution in [0.2, 0.25) is 0 Å². The molecule has 0 bridgehead atoms. The van der Waals surface area contributed by atoms with Crippen LogP contribution in [0.3, 0.4) is 0 Å². The molecule has 35 heavy (non-hydrogen) atoms. The van der Waals surface area contributed by atoms with Crippen molar-refractivity contribution in [3.05, 3.63) is 63.4 Å². The number of carbonyl (C=O) groups excluding carboxylic acids is 1. The van der Waals surface area contributed by atoms with E-state index < -0.39 is 0 Å². The summed E-state index contributed by atoms with van der Waals surface area (Å²) >= 11 is 1.54. The number of amides is 1. The number of thiazole rings is 1. The molecule has 3 heterocycles. The molecule has 5 rings (SSSR count). The van der Waals surface area contributed by atoms with Crippen LogP contribution in [0, 0.1) is 5.92 Å². The first-order valence-electron chi connectivity index (χ1n) is 12.0. The first-order chi connectivity index (χ1) is 17.0. The highest BCUT2D eigenvalue weighted by atomic mass is 32.1. The van der Waals surface area contributed by atoms with Crippen molar-refractivity contribution in [2.24, 2.45) is 5.92 Å². The molecule has 184 valence electrons. The van der Waals surface area contributed by atoms with Gasteiger partial charge >= 0.3 is 0 Å². The molecule has 2 aliphatic rings. The van der Waals surface area contributed by atoms with Crippen LogP contribution in [0.5, 0.6) is 11.5 Å². The summed E-state index contributed by atoms with van der Waals surface area (Å²) < 4.78 is 7.30. The van der Waals surface area contributed by atoms with Gasteiger partial charge in [0.15, 0.2) is 17.2 Å². The third-order valence-electron chi connectivity index (χ3n) is 6.65. The highest BCUT2D eigenvalue weighted by Gasteiger charge is 2.31. The fraction of sp³-hybridized carbons (Fsp3) is 0.423. The summed E-state index contributed by atoms with van der Waals surface area (Å²) in [5.41, 5.74) is 6.51. The fourth-order valence-corrected chi connectivity index (χ4v) is 5.07. The lowest BCUT2D eigenvalue weighted by Crippen LogP contribution is -2.33. The summed E-state index contributed by atoms with van der Waals surface area (Å²) in [5.74, 6) is 1.24. The summed E-state index contributed by atoms with van der Waals surface area (Å²) in [6, 6.07) is 5.32. The monoisotopic (exact) mass is 493 g/mol. The maximum atomic E-state index is 13.4. The Balaban J connectivity index is 1.31. The molecule has 8 nitrogen and oxygen atoms in total. The van der Waals surface area contributed by atoms with Gasteiger partial charge in [0.1, 0.15) is 0 Å². The van der Waals surface area contributed by atoms with Crippen molar-refractivity contribution in [2.75, 3.05) is 27.2 Å². The number of phenols is 1. The van der Waals surface area contributed by atoms with E-state index >= 15 is 0 Å². The van der Waals surface area contributed by atoms with Gasteiger partial charge in [-0.2, -0.15) is 5.10 Å². The number of benzene rings is 1. The Labute approximate surface area is 209 Å². The molecule has 1 fully saturated rings. The number of nitrogens with zero attached hydrogens (tertiary/aromatic N) is 5. The van der Waals surface area contributed by atoms with Crippen molar-refractivity contribution in [2.45, 2.75) is 38.9 Å². The Morgan fingerprint density at radius 1 is 1.37 bits per heavy atom. The number of fused-ring (bicyclic) bond motifs is 1. The zero-order chi connectivity index (χ0) is 24.4. The van der Waals surface area contributed by atoms with Crippen LogP contribution in [0.25, 0.3) is 6.08 Å². The third kappa shape index (κ3) is 5.41. The van der Waals surface area contributed by atoms with Crippen LogP contribution >= 0.6 is 11.3 Å². The SMILES string of the molecule is COc1cc(/C=C/CN2CCc3c(c(C(=O)N(C)Cc4cscn4)nn3CC3CC3)C2)ccc1O. The molecule has 1 aromatic carbocycles. The van der Waals surface area contributed by atoms with E-state index in [0.29, 0.717) is 30.5 Å². The molecule has 1 amide bonds. The van der Waals surface area contributed by atoms with Crippen LogP contribution in [-0.2, 0) is 26.1 Å². The second kappa shape index (κ2) is 10.2. The van der Waals surface area contributed by atoms with Crippen molar-refractivity contribution in [3.63, 3.8) is 0 Å². The number of phenolic OH excluding ortho intramolecular Hbond substituents is 1. The van der Waals surface area contributed by atoms with Crippen molar-refractivity contribution in [1.29, 1.82) is 0 Å². The Morgan fingerprint density at radius 3 is 2.97 bits per heavy atom. The minimum absolute atomic E-state index is 0.0441. The smallest absolute Gasteiger partial charge is 0.274 e. The number of aromatic hydroxyl groups is 1. The second-order valence-corrected chi connectivity index (χ2v) is 10.1. The molecule has 0 atom stereocenters. The molecule has 1 saturated carbocycles. The van der Waals surface area contributed by atoms with Gasteiger partial charge in [-0.3, -0.25) is 14.4 Å². The fourth-order valence-electron chi connectivity index (χ4n) is 4.52. The van der Waals surface area contributed by atoms with E-state index in [-0.39, 0.29) is 11.7 Å². The summed E-state index contributed by atoms with van der Waals surface area (Å²) in [4.78, 5) is 21.8. The molecule has 1 aliphatic heterocycles. The lowest BCUT2D eigenvalue weighted by atomic mass is 10.0. The zero-order valence-electron chi connectivity index (χ0n) is 20.2. The van der Waals surface area contributed by atoms with Gasteiger partial charge in [0.05, 0.1) is 24.9 Å². The van der Waals surface area contributed by atoms with E-state index in [1.165, 1.54) is 29.9 Å². The number of methoxy groups -OCH3 is 1. The minimum Gasteiger partial charge on any atom is -0.504 e. The molecular formula is C26H31N5O3S. The first kappa shape index (κ1) is 23.6. The van der Waals surface area contributed by atoms with Gasteiger partial charge in [-0.15, -0.1) is 11.3 Å². The van der Waals surface area contributed by atoms with Crippen LogP contribution in [0.1, 0.15) is 45.8 Å². The zero-order valence-corrected chi connectivity index (χ0v) is 21.0. The summed E-state index contributed by atoms with van der Waals surface area (Å²) in [5, 5.41) is 16.6. The quantitative estimate of drug-likeness (QED) is 0.488. The van der Waals surface area contributed by atoms with E-state index in [1.807, 2.05) is 30.6 Å². The van der Waals surface area contributed by atoms with Crippen LogP contribution in [-0.4, -0.2) is 62.8 Å². The van der Waals surface area contributed by atoms with Gasteiger partial charge in [0.25, 0.3) is 5.91 Å². The largest absolute Gasteiger partial charge is 0.504 e. The predicted molar refractivity (Wildman–Crippen MR) is 136 cm³/mol. The van der Waals surface area contributed by atoms with Gasteiger partial charge in [-0.25, -0.2) is 4.98 Å². The van der Waals surface area contributed by atoms with Crippen LogP contribution in [0.4, 0.5) is 0 Å². The molecular weight excluding hydrogens is 462 g/mol. The highest BCUT2D eigenvalue weighted by molar-refractivity contribution is 7.07. The minimum atomic E-state index is -0.0441. The van der Waals surface area contributed by atoms with Crippen LogP contribution < -0.4 is 4.74 Å². The molecule has 0 radical (unpaired) electrons. The van der Waals surface area contributed by atoms with Crippen LogP contribution in [0.15, 0.2) is 35.2 Å². The standard InChI is InChI=1S/C26H31N5O3S/c1-29(14-20-16-35-17-27-20)26(33)25-21-15-30(11-9-22(21)31(28-25)13-19-5-6-19)10-3-4-18-7-8-23(32)24(12-18)34-2/h3-4,7-8,12,16-17,19,32H,5-6,9-11,13-15H2,1-2H3/b4-3+. The Morgan fingerprint density at radius 2 is 2.23 bits per heavy atom. The first-order valence-corrected chi connectivity index (χ1v) is 12.9. The van der Waals surface area contributed by atoms with Gasteiger partial charge in [0.2, 0.25) is 0 Å². The molecule has 1 N–H and O–H groups in total. The molecule has 3 aromatic rings. The van der Waals surface area contributed by atoms with Gasteiger partial charge < -0.3 is 14.7 Å². The van der Waals surface area contributed by atoms with E-state index in [0.717, 1.165) is 42.9 Å². The van der Waals surface area contributed by atoms with Gasteiger partial charge in [0, 0.05) is 56.3 Å². The average molecular weight is 494 g/mol. The molecule has 9 heteroatoms. The molecule has 2 aromatic heterocycles.